The maximum atomic E-state index is 12.0. The molecule has 6 nitrogen and oxygen atoms in total. The molecule has 1 aromatic carbocycles. The van der Waals surface area contributed by atoms with E-state index < -0.39 is 22.2 Å². The Balaban J connectivity index is 2.12. The molecule has 1 aromatic heterocycles. The smallest absolute Gasteiger partial charge is 0.257 e. The summed E-state index contributed by atoms with van der Waals surface area (Å²) in [5.74, 6) is 0. The van der Waals surface area contributed by atoms with Gasteiger partial charge in [-0.2, -0.15) is 0 Å². The van der Waals surface area contributed by atoms with E-state index >= 15 is 0 Å². The molecule has 0 fully saturated rings. The minimum absolute atomic E-state index is 0.0485. The van der Waals surface area contributed by atoms with E-state index in [1.165, 1.54) is 12.5 Å². The van der Waals surface area contributed by atoms with Crippen molar-refractivity contribution in [3.63, 3.8) is 0 Å². The zero-order valence-corrected chi connectivity index (χ0v) is 12.2. The van der Waals surface area contributed by atoms with Crippen LogP contribution in [0, 0.1) is 0 Å². The van der Waals surface area contributed by atoms with Crippen molar-refractivity contribution in [2.45, 2.75) is 24.1 Å². The Bertz CT molecular complexity index is 656. The van der Waals surface area contributed by atoms with Crippen molar-refractivity contribution >= 4 is 21.6 Å². The van der Waals surface area contributed by atoms with Gasteiger partial charge >= 0.3 is 0 Å². The standard InChI is InChI=1S/C12H14ClN3O3S/c1-8(12(17)9-2-4-10(13)5-3-9)16-20(18,19)11-6-14-7-15-11/h2-8,12,16-17H,1H3,(H,14,15). The van der Waals surface area contributed by atoms with Gasteiger partial charge in [0, 0.05) is 11.1 Å². The number of aliphatic hydroxyl groups excluding tert-OH is 1. The van der Waals surface area contributed by atoms with Gasteiger partial charge in [-0.15, -0.1) is 0 Å². The highest BCUT2D eigenvalue weighted by Crippen LogP contribution is 2.20. The number of aromatic amines is 1. The van der Waals surface area contributed by atoms with Crippen molar-refractivity contribution in [2.75, 3.05) is 0 Å². The number of nitrogens with zero attached hydrogens (tertiary/aromatic N) is 1. The summed E-state index contributed by atoms with van der Waals surface area (Å²) in [5.41, 5.74) is 0.578. The average Bonchev–Trinajstić information content (AvgIpc) is 2.93. The monoisotopic (exact) mass is 315 g/mol. The minimum Gasteiger partial charge on any atom is -0.387 e. The van der Waals surface area contributed by atoms with E-state index in [9.17, 15) is 13.5 Å². The number of sulfonamides is 1. The molecule has 1 heterocycles. The zero-order valence-electron chi connectivity index (χ0n) is 10.6. The molecule has 3 N–H and O–H groups in total. The predicted molar refractivity (Wildman–Crippen MR) is 74.8 cm³/mol. The second-order valence-corrected chi connectivity index (χ2v) is 6.44. The van der Waals surface area contributed by atoms with Gasteiger partial charge in [0.1, 0.15) is 0 Å². The Morgan fingerprint density at radius 2 is 2.00 bits per heavy atom. The van der Waals surface area contributed by atoms with Crippen molar-refractivity contribution in [3.8, 4) is 0 Å². The van der Waals surface area contributed by atoms with Crippen LogP contribution in [0.1, 0.15) is 18.6 Å². The molecular weight excluding hydrogens is 302 g/mol. The Kier molecular flexibility index (Phi) is 4.44. The number of nitrogens with one attached hydrogen (secondary N) is 2. The van der Waals surface area contributed by atoms with Gasteiger partial charge in [-0.3, -0.25) is 0 Å². The van der Waals surface area contributed by atoms with Crippen molar-refractivity contribution in [1.29, 1.82) is 0 Å². The molecule has 0 radical (unpaired) electrons. The van der Waals surface area contributed by atoms with Gasteiger partial charge in [-0.25, -0.2) is 18.1 Å². The van der Waals surface area contributed by atoms with Crippen LogP contribution < -0.4 is 4.72 Å². The van der Waals surface area contributed by atoms with Crippen molar-refractivity contribution < 1.29 is 13.5 Å². The molecule has 0 aliphatic rings. The van der Waals surface area contributed by atoms with Crippen LogP contribution in [0.25, 0.3) is 0 Å². The first-order chi connectivity index (χ1) is 9.40. The fourth-order valence-electron chi connectivity index (χ4n) is 1.71. The topological polar surface area (TPSA) is 95.1 Å². The van der Waals surface area contributed by atoms with Crippen molar-refractivity contribution in [1.82, 2.24) is 14.7 Å². The first-order valence-electron chi connectivity index (χ1n) is 5.84. The summed E-state index contributed by atoms with van der Waals surface area (Å²) in [4.78, 5) is 6.16. The molecule has 0 aliphatic heterocycles. The van der Waals surface area contributed by atoms with Gasteiger partial charge in [0.25, 0.3) is 10.0 Å². The Morgan fingerprint density at radius 1 is 1.35 bits per heavy atom. The van der Waals surface area contributed by atoms with Crippen LogP contribution in [0.2, 0.25) is 5.02 Å². The molecule has 0 aliphatic carbocycles. The van der Waals surface area contributed by atoms with Crippen molar-refractivity contribution in [2.24, 2.45) is 0 Å². The highest BCUT2D eigenvalue weighted by molar-refractivity contribution is 7.89. The van der Waals surface area contributed by atoms with Gasteiger partial charge in [-0.05, 0) is 24.6 Å². The largest absolute Gasteiger partial charge is 0.387 e. The summed E-state index contributed by atoms with van der Waals surface area (Å²) < 4.78 is 26.3. The highest BCUT2D eigenvalue weighted by atomic mass is 35.5. The lowest BCUT2D eigenvalue weighted by atomic mass is 10.0. The molecule has 20 heavy (non-hydrogen) atoms. The molecule has 0 bridgehead atoms. The van der Waals surface area contributed by atoms with Crippen LogP contribution in [0.4, 0.5) is 0 Å². The molecule has 8 heteroatoms. The molecule has 2 aromatic rings. The van der Waals surface area contributed by atoms with Gasteiger partial charge in [0.15, 0.2) is 5.03 Å². The molecule has 2 unspecified atom stereocenters. The number of aromatic nitrogens is 2. The Hall–Kier alpha value is -1.41. The summed E-state index contributed by atoms with van der Waals surface area (Å²) in [7, 11) is -3.73. The molecule has 108 valence electrons. The van der Waals surface area contributed by atoms with E-state index in [1.807, 2.05) is 0 Å². The highest BCUT2D eigenvalue weighted by Gasteiger charge is 2.24. The third-order valence-electron chi connectivity index (χ3n) is 2.79. The number of aliphatic hydroxyl groups is 1. The summed E-state index contributed by atoms with van der Waals surface area (Å²) in [6.45, 7) is 1.58. The molecule has 2 rings (SSSR count). The van der Waals surface area contributed by atoms with E-state index in [-0.39, 0.29) is 5.03 Å². The van der Waals surface area contributed by atoms with Crippen LogP contribution in [0.5, 0.6) is 0 Å². The van der Waals surface area contributed by atoms with Crippen molar-refractivity contribution in [3.05, 3.63) is 47.4 Å². The van der Waals surface area contributed by atoms with Crippen LogP contribution in [-0.2, 0) is 10.0 Å². The number of imidazole rings is 1. The van der Waals surface area contributed by atoms with E-state index in [0.29, 0.717) is 10.6 Å². The number of halogens is 1. The average molecular weight is 316 g/mol. The molecule has 0 saturated heterocycles. The second-order valence-electron chi connectivity index (χ2n) is 4.32. The van der Waals surface area contributed by atoms with Gasteiger partial charge < -0.3 is 10.1 Å². The fraction of sp³-hybridized carbons (Fsp3) is 0.250. The summed E-state index contributed by atoms with van der Waals surface area (Å²) in [6.07, 6.45) is 1.49. The number of H-pyrrole nitrogens is 1. The first-order valence-corrected chi connectivity index (χ1v) is 7.70. The number of rotatable bonds is 5. The Labute approximate surface area is 121 Å². The van der Waals surface area contributed by atoms with E-state index in [4.69, 9.17) is 11.6 Å². The van der Waals surface area contributed by atoms with Gasteiger partial charge in [-0.1, -0.05) is 23.7 Å². The fourth-order valence-corrected chi connectivity index (χ4v) is 2.99. The van der Waals surface area contributed by atoms with Crippen LogP contribution in [0.15, 0.2) is 41.8 Å². The SMILES string of the molecule is CC(NS(=O)(=O)c1cnc[nH]1)C(O)c1ccc(Cl)cc1. The lowest BCUT2D eigenvalue weighted by molar-refractivity contribution is 0.146. The van der Waals surface area contributed by atoms with E-state index in [0.717, 1.165) is 0 Å². The van der Waals surface area contributed by atoms with Gasteiger partial charge in [0.05, 0.1) is 18.6 Å². The lowest BCUT2D eigenvalue weighted by Gasteiger charge is -2.20. The molecule has 0 spiro atoms. The van der Waals surface area contributed by atoms with E-state index in [1.54, 1.807) is 31.2 Å². The second kappa shape index (κ2) is 5.92. The summed E-state index contributed by atoms with van der Waals surface area (Å²) in [6, 6.07) is 5.86. The summed E-state index contributed by atoms with van der Waals surface area (Å²) in [5, 5.41) is 10.6. The number of hydrogen-bond acceptors (Lipinski definition) is 4. The Morgan fingerprint density at radius 3 is 2.55 bits per heavy atom. The third-order valence-corrected chi connectivity index (χ3v) is 4.53. The lowest BCUT2D eigenvalue weighted by Crippen LogP contribution is -2.37. The third kappa shape index (κ3) is 3.37. The van der Waals surface area contributed by atoms with Crippen LogP contribution in [-0.4, -0.2) is 29.5 Å². The number of benzene rings is 1. The number of hydrogen-bond donors (Lipinski definition) is 3. The quantitative estimate of drug-likeness (QED) is 0.778. The molecule has 0 amide bonds. The molecular formula is C12H14ClN3O3S. The summed E-state index contributed by atoms with van der Waals surface area (Å²) >= 11 is 5.77. The normalized spacial score (nSPS) is 14.9. The predicted octanol–water partition coefficient (Wildman–Crippen LogP) is 1.46. The first kappa shape index (κ1) is 15.0. The molecule has 0 saturated carbocycles. The van der Waals surface area contributed by atoms with Crippen LogP contribution in [0.3, 0.4) is 0 Å². The molecule has 2 atom stereocenters. The minimum atomic E-state index is -3.73. The zero-order chi connectivity index (χ0) is 14.8. The maximum Gasteiger partial charge on any atom is 0.257 e. The maximum absolute atomic E-state index is 12.0. The van der Waals surface area contributed by atoms with Gasteiger partial charge in [0.2, 0.25) is 0 Å². The van der Waals surface area contributed by atoms with E-state index in [2.05, 4.69) is 14.7 Å². The van der Waals surface area contributed by atoms with Crippen LogP contribution >= 0.6 is 11.6 Å².